The van der Waals surface area contributed by atoms with Crippen molar-refractivity contribution in [2.24, 2.45) is 11.8 Å². The van der Waals surface area contributed by atoms with Gasteiger partial charge in [0.15, 0.2) is 0 Å². The molecule has 1 aliphatic rings. The maximum absolute atomic E-state index is 13.2. The smallest absolute Gasteiger partial charge is 0.252 e. The van der Waals surface area contributed by atoms with E-state index < -0.39 is 17.9 Å². The monoisotopic (exact) mass is 510 g/mol. The molecule has 36 heavy (non-hydrogen) atoms. The molecule has 0 spiro atoms. The lowest BCUT2D eigenvalue weighted by Crippen LogP contribution is -2.48. The number of rotatable bonds is 13. The zero-order valence-electron chi connectivity index (χ0n) is 21.6. The molecule has 0 heterocycles. The van der Waals surface area contributed by atoms with Crippen LogP contribution in [0.25, 0.3) is 11.1 Å². The Morgan fingerprint density at radius 3 is 2.50 bits per heavy atom. The van der Waals surface area contributed by atoms with E-state index in [0.717, 1.165) is 47.4 Å². The second-order valence-corrected chi connectivity index (χ2v) is 11.1. The molecule has 1 saturated carbocycles. The normalized spacial score (nSPS) is 15.9. The van der Waals surface area contributed by atoms with Crippen LogP contribution in [0.2, 0.25) is 0 Å². The van der Waals surface area contributed by atoms with Crippen molar-refractivity contribution in [3.63, 3.8) is 0 Å². The van der Waals surface area contributed by atoms with E-state index in [2.05, 4.69) is 5.32 Å². The molecule has 1 amide bonds. The molecule has 1 aliphatic carbocycles. The van der Waals surface area contributed by atoms with Crippen molar-refractivity contribution < 1.29 is 19.8 Å². The molecule has 1 unspecified atom stereocenters. The molecular formula is C30H40NO4S-. The zero-order valence-corrected chi connectivity index (χ0v) is 22.4. The number of aliphatic hydroxyl groups is 1. The van der Waals surface area contributed by atoms with Crippen LogP contribution in [0.5, 0.6) is 0 Å². The number of aliphatic carboxylic acids is 1. The lowest BCUT2D eigenvalue weighted by molar-refractivity contribution is -0.308. The minimum Gasteiger partial charge on any atom is -0.548 e. The number of amides is 1. The summed E-state index contributed by atoms with van der Waals surface area (Å²) in [5.41, 5.74) is 4.30. The number of benzene rings is 2. The van der Waals surface area contributed by atoms with Crippen molar-refractivity contribution in [3.05, 3.63) is 59.2 Å². The summed E-state index contributed by atoms with van der Waals surface area (Å²) in [5.74, 6) is -0.0952. The van der Waals surface area contributed by atoms with Gasteiger partial charge in [0.1, 0.15) is 0 Å². The van der Waals surface area contributed by atoms with Crippen LogP contribution in [-0.2, 0) is 11.2 Å². The largest absolute Gasteiger partial charge is 0.548 e. The highest BCUT2D eigenvalue weighted by Crippen LogP contribution is 2.31. The molecule has 196 valence electrons. The lowest BCUT2D eigenvalue weighted by Gasteiger charge is -2.24. The fraction of sp³-hybridized carbons (Fsp3) is 0.533. The first-order valence-corrected chi connectivity index (χ1v) is 14.6. The number of carbonyl (C=O) groups excluding carboxylic acids is 2. The second kappa shape index (κ2) is 14.4. The fourth-order valence-corrected chi connectivity index (χ4v) is 5.74. The SMILES string of the molecule is CSCC[C@H](NC(=O)c1ccc(CC(CO)CCC2CCCCC2)cc1-c1ccccc1C)C(=O)[O-]. The Balaban J connectivity index is 1.83. The summed E-state index contributed by atoms with van der Waals surface area (Å²) in [6.07, 6.45) is 11.8. The van der Waals surface area contributed by atoms with Crippen molar-refractivity contribution in [2.75, 3.05) is 18.6 Å². The molecule has 2 N–H and O–H groups in total. The minimum absolute atomic E-state index is 0.150. The van der Waals surface area contributed by atoms with Gasteiger partial charge < -0.3 is 20.3 Å². The Morgan fingerprint density at radius 2 is 1.83 bits per heavy atom. The van der Waals surface area contributed by atoms with E-state index in [9.17, 15) is 19.8 Å². The number of thioether (sulfide) groups is 1. The lowest BCUT2D eigenvalue weighted by atomic mass is 9.83. The third kappa shape index (κ3) is 8.10. The van der Waals surface area contributed by atoms with Gasteiger partial charge in [-0.05, 0) is 78.4 Å². The van der Waals surface area contributed by atoms with Gasteiger partial charge >= 0.3 is 0 Å². The molecule has 3 rings (SSSR count). The number of hydrogen-bond donors (Lipinski definition) is 2. The number of aryl methyl sites for hydroxylation is 1. The van der Waals surface area contributed by atoms with Gasteiger partial charge in [0, 0.05) is 12.2 Å². The number of hydrogen-bond acceptors (Lipinski definition) is 5. The molecule has 0 aromatic heterocycles. The second-order valence-electron chi connectivity index (χ2n) is 10.2. The Kier molecular flexibility index (Phi) is 11.3. The highest BCUT2D eigenvalue weighted by atomic mass is 32.2. The highest BCUT2D eigenvalue weighted by molar-refractivity contribution is 7.98. The summed E-state index contributed by atoms with van der Waals surface area (Å²) in [4.78, 5) is 24.9. The van der Waals surface area contributed by atoms with Crippen LogP contribution in [0.1, 0.15) is 72.9 Å². The fourth-order valence-electron chi connectivity index (χ4n) is 5.27. The van der Waals surface area contributed by atoms with E-state index in [1.165, 1.54) is 43.9 Å². The Morgan fingerprint density at radius 1 is 1.08 bits per heavy atom. The van der Waals surface area contributed by atoms with E-state index in [4.69, 9.17) is 0 Å². The molecule has 0 radical (unpaired) electrons. The minimum atomic E-state index is -1.27. The van der Waals surface area contributed by atoms with Crippen molar-refractivity contribution in [1.82, 2.24) is 5.32 Å². The van der Waals surface area contributed by atoms with Crippen molar-refractivity contribution in [2.45, 2.75) is 70.8 Å². The number of nitrogens with one attached hydrogen (secondary N) is 1. The summed E-state index contributed by atoms with van der Waals surface area (Å²) in [6.45, 7) is 2.16. The number of carboxylic acids is 1. The molecular weight excluding hydrogens is 470 g/mol. The Labute approximate surface area is 220 Å². The molecule has 2 atom stereocenters. The van der Waals surface area contributed by atoms with Gasteiger partial charge in [0.05, 0.1) is 12.0 Å². The Hall–Kier alpha value is -2.31. The van der Waals surface area contributed by atoms with E-state index in [1.54, 1.807) is 6.07 Å². The maximum atomic E-state index is 13.2. The van der Waals surface area contributed by atoms with Crippen LogP contribution in [-0.4, -0.2) is 41.6 Å². The van der Waals surface area contributed by atoms with Gasteiger partial charge in [-0.15, -0.1) is 0 Å². The summed E-state index contributed by atoms with van der Waals surface area (Å²) in [5, 5.41) is 24.4. The van der Waals surface area contributed by atoms with Gasteiger partial charge in [-0.3, -0.25) is 4.79 Å². The van der Waals surface area contributed by atoms with Crippen LogP contribution < -0.4 is 10.4 Å². The van der Waals surface area contributed by atoms with Gasteiger partial charge in [0.2, 0.25) is 0 Å². The van der Waals surface area contributed by atoms with E-state index >= 15 is 0 Å². The van der Waals surface area contributed by atoms with Gasteiger partial charge in [-0.25, -0.2) is 0 Å². The third-order valence-electron chi connectivity index (χ3n) is 7.45. The topological polar surface area (TPSA) is 89.5 Å². The molecule has 0 saturated heterocycles. The summed E-state index contributed by atoms with van der Waals surface area (Å²) in [6, 6.07) is 12.6. The highest BCUT2D eigenvalue weighted by Gasteiger charge is 2.21. The molecule has 1 fully saturated rings. The predicted octanol–water partition coefficient (Wildman–Crippen LogP) is 4.77. The summed E-state index contributed by atoms with van der Waals surface area (Å²) < 4.78 is 0. The van der Waals surface area contributed by atoms with Crippen molar-refractivity contribution in [1.29, 1.82) is 0 Å². The first-order chi connectivity index (χ1) is 17.4. The molecule has 5 nitrogen and oxygen atoms in total. The van der Waals surface area contributed by atoms with Crippen LogP contribution in [0.3, 0.4) is 0 Å². The van der Waals surface area contributed by atoms with E-state index in [0.29, 0.717) is 17.7 Å². The summed E-state index contributed by atoms with van der Waals surface area (Å²) in [7, 11) is 0. The number of aliphatic hydroxyl groups excluding tert-OH is 1. The van der Waals surface area contributed by atoms with Crippen LogP contribution in [0.15, 0.2) is 42.5 Å². The van der Waals surface area contributed by atoms with Crippen LogP contribution in [0, 0.1) is 18.8 Å². The van der Waals surface area contributed by atoms with Crippen molar-refractivity contribution >= 4 is 23.6 Å². The van der Waals surface area contributed by atoms with Gasteiger partial charge in [0.25, 0.3) is 5.91 Å². The quantitative estimate of drug-likeness (QED) is 0.405. The first-order valence-electron chi connectivity index (χ1n) is 13.2. The van der Waals surface area contributed by atoms with Crippen LogP contribution in [0.4, 0.5) is 0 Å². The number of carboxylic acid groups (broad SMARTS) is 1. The molecule has 2 aromatic carbocycles. The average Bonchev–Trinajstić information content (AvgIpc) is 2.89. The average molecular weight is 511 g/mol. The molecule has 0 aliphatic heterocycles. The predicted molar refractivity (Wildman–Crippen MR) is 146 cm³/mol. The van der Waals surface area contributed by atoms with Crippen molar-refractivity contribution in [3.8, 4) is 11.1 Å². The molecule has 2 aromatic rings. The zero-order chi connectivity index (χ0) is 25.9. The van der Waals surface area contributed by atoms with Crippen LogP contribution >= 0.6 is 11.8 Å². The molecule has 6 heteroatoms. The van der Waals surface area contributed by atoms with Gasteiger partial charge in [-0.2, -0.15) is 11.8 Å². The first kappa shape index (κ1) is 28.3. The van der Waals surface area contributed by atoms with Gasteiger partial charge in [-0.1, -0.05) is 74.9 Å². The number of carbonyl (C=O) groups is 2. The standard InChI is InChI=1S/C30H41NO4S/c1-21-8-6-7-11-25(21)27-19-23(18-24(20-32)13-12-22-9-4-3-5-10-22)14-15-26(27)29(33)31-28(30(34)35)16-17-36-2/h6-8,11,14-15,19,22,24,28,32H,3-5,9-10,12-13,16-18,20H2,1-2H3,(H,31,33)(H,34,35)/p-1/t24?,28-/m0/s1. The molecule has 0 bridgehead atoms. The summed E-state index contributed by atoms with van der Waals surface area (Å²) >= 11 is 1.53. The van der Waals surface area contributed by atoms with E-state index in [1.807, 2.05) is 49.6 Å². The van der Waals surface area contributed by atoms with E-state index in [-0.39, 0.29) is 12.5 Å². The Bertz CT molecular complexity index is 1000. The maximum Gasteiger partial charge on any atom is 0.252 e. The third-order valence-corrected chi connectivity index (χ3v) is 8.10.